The van der Waals surface area contributed by atoms with E-state index in [1.54, 1.807) is 0 Å². The Morgan fingerprint density at radius 2 is 2.00 bits per heavy atom. The molecule has 0 saturated carbocycles. The molecule has 1 atom stereocenters. The molecule has 0 spiro atoms. The lowest BCUT2D eigenvalue weighted by molar-refractivity contribution is -0.141. The Morgan fingerprint density at radius 1 is 1.45 bits per heavy atom. The van der Waals surface area contributed by atoms with Gasteiger partial charge in [-0.2, -0.15) is 17.5 Å². The van der Waals surface area contributed by atoms with Gasteiger partial charge in [0.25, 0.3) is 10.0 Å². The van der Waals surface area contributed by atoms with Crippen molar-refractivity contribution in [2.45, 2.75) is 17.3 Å². The Balaban J connectivity index is 2.99. The van der Waals surface area contributed by atoms with Gasteiger partial charge in [0.15, 0.2) is 0 Å². The lowest BCUT2D eigenvalue weighted by Gasteiger charge is -2.18. The van der Waals surface area contributed by atoms with Crippen LogP contribution >= 0.6 is 11.3 Å². The summed E-state index contributed by atoms with van der Waals surface area (Å²) in [5.74, 6) is -2.15. The molecule has 114 valence electrons. The molecule has 0 bridgehead atoms. The third-order valence-corrected chi connectivity index (χ3v) is 5.90. The first-order valence-corrected chi connectivity index (χ1v) is 7.58. The summed E-state index contributed by atoms with van der Waals surface area (Å²) in [5.41, 5.74) is 0. The number of carboxylic acids is 1. The minimum absolute atomic E-state index is 0.109. The quantitative estimate of drug-likeness (QED) is 0.897. The highest BCUT2D eigenvalue weighted by molar-refractivity contribution is 7.91. The number of rotatable bonds is 5. The van der Waals surface area contributed by atoms with Crippen molar-refractivity contribution >= 4 is 27.3 Å². The number of hydrogen-bond donors (Lipinski definition) is 1. The van der Waals surface area contributed by atoms with E-state index >= 15 is 0 Å². The molecule has 5 nitrogen and oxygen atoms in total. The van der Waals surface area contributed by atoms with Crippen LogP contribution in [0.1, 0.15) is 11.8 Å². The van der Waals surface area contributed by atoms with Gasteiger partial charge in [-0.1, -0.05) is 6.92 Å². The maximum atomic E-state index is 12.4. The smallest absolute Gasteiger partial charge is 0.425 e. The Hall–Kier alpha value is -1.13. The summed E-state index contributed by atoms with van der Waals surface area (Å²) in [6.07, 6.45) is -4.61. The van der Waals surface area contributed by atoms with Crippen molar-refractivity contribution in [1.29, 1.82) is 0 Å². The first-order chi connectivity index (χ1) is 8.96. The van der Waals surface area contributed by atoms with Crippen LogP contribution in [0, 0.1) is 5.92 Å². The van der Waals surface area contributed by atoms with Gasteiger partial charge in [-0.3, -0.25) is 4.79 Å². The van der Waals surface area contributed by atoms with Crippen molar-refractivity contribution in [3.8, 4) is 0 Å². The van der Waals surface area contributed by atoms with Crippen molar-refractivity contribution in [3.63, 3.8) is 0 Å². The minimum Gasteiger partial charge on any atom is -0.481 e. The molecule has 1 N–H and O–H groups in total. The van der Waals surface area contributed by atoms with Crippen molar-refractivity contribution in [2.24, 2.45) is 5.92 Å². The second kappa shape index (κ2) is 5.70. The van der Waals surface area contributed by atoms with Crippen LogP contribution in [0.3, 0.4) is 0 Å². The van der Waals surface area contributed by atoms with E-state index in [0.717, 1.165) is 17.4 Å². The molecule has 1 aromatic heterocycles. The molecule has 1 heterocycles. The monoisotopic (exact) mass is 331 g/mol. The molecule has 1 rings (SSSR count). The molecule has 10 heteroatoms. The van der Waals surface area contributed by atoms with Crippen LogP contribution in [0.2, 0.25) is 0 Å². The molecule has 1 unspecified atom stereocenters. The standard InChI is InChI=1S/C10H12F3NO4S2/c1-6(9(15)16)5-14(2)20(17,18)8-4-3-7(19-8)10(11,12)13/h3-4,6H,5H2,1-2H3,(H,15,16). The fourth-order valence-electron chi connectivity index (χ4n) is 1.33. The van der Waals surface area contributed by atoms with Gasteiger partial charge in [-0.15, -0.1) is 11.3 Å². The van der Waals surface area contributed by atoms with Gasteiger partial charge in [0, 0.05) is 13.6 Å². The van der Waals surface area contributed by atoms with Gasteiger partial charge >= 0.3 is 12.1 Å². The Labute approximate surface area is 117 Å². The number of nitrogens with zero attached hydrogens (tertiary/aromatic N) is 1. The van der Waals surface area contributed by atoms with E-state index in [9.17, 15) is 26.4 Å². The molecule has 0 aliphatic rings. The molecular formula is C10H12F3NO4S2. The van der Waals surface area contributed by atoms with Crippen LogP contribution in [-0.2, 0) is 21.0 Å². The highest BCUT2D eigenvalue weighted by Gasteiger charge is 2.35. The fraction of sp³-hybridized carbons (Fsp3) is 0.500. The van der Waals surface area contributed by atoms with Gasteiger partial charge in [0.1, 0.15) is 9.09 Å². The molecule has 1 aromatic rings. The predicted octanol–water partition coefficient (Wildman–Crippen LogP) is 2.11. The summed E-state index contributed by atoms with van der Waals surface area (Å²) >= 11 is 0.109. The lowest BCUT2D eigenvalue weighted by atomic mass is 10.2. The first kappa shape index (κ1) is 16.9. The zero-order valence-corrected chi connectivity index (χ0v) is 12.1. The second-order valence-electron chi connectivity index (χ2n) is 4.14. The number of aliphatic carboxylic acids is 1. The van der Waals surface area contributed by atoms with Crippen LogP contribution in [-0.4, -0.2) is 37.4 Å². The largest absolute Gasteiger partial charge is 0.481 e. The van der Waals surface area contributed by atoms with Gasteiger partial charge in [-0.05, 0) is 12.1 Å². The van der Waals surface area contributed by atoms with Gasteiger partial charge < -0.3 is 5.11 Å². The Bertz CT molecular complexity index is 594. The average Bonchev–Trinajstić information content (AvgIpc) is 2.77. The van der Waals surface area contributed by atoms with Crippen LogP contribution in [0.4, 0.5) is 13.2 Å². The van der Waals surface area contributed by atoms with Crippen molar-refractivity contribution in [3.05, 3.63) is 17.0 Å². The number of thiophene rings is 1. The SMILES string of the molecule is CC(CN(C)S(=O)(=O)c1ccc(C(F)(F)F)s1)C(=O)O. The maximum absolute atomic E-state index is 12.4. The van der Waals surface area contributed by atoms with Crippen molar-refractivity contribution in [1.82, 2.24) is 4.31 Å². The maximum Gasteiger partial charge on any atom is 0.425 e. The summed E-state index contributed by atoms with van der Waals surface area (Å²) in [6, 6.07) is 1.55. The third-order valence-electron chi connectivity index (χ3n) is 2.48. The van der Waals surface area contributed by atoms with Crippen molar-refractivity contribution in [2.75, 3.05) is 13.6 Å². The normalized spacial score (nSPS) is 14.5. The molecule has 20 heavy (non-hydrogen) atoms. The zero-order valence-electron chi connectivity index (χ0n) is 10.5. The molecular weight excluding hydrogens is 319 g/mol. The van der Waals surface area contributed by atoms with Gasteiger partial charge in [0.05, 0.1) is 5.92 Å². The zero-order chi connectivity index (χ0) is 15.7. The van der Waals surface area contributed by atoms with E-state index in [-0.39, 0.29) is 17.9 Å². The van der Waals surface area contributed by atoms with E-state index in [2.05, 4.69) is 0 Å². The van der Waals surface area contributed by atoms with E-state index in [1.165, 1.54) is 6.92 Å². The Morgan fingerprint density at radius 3 is 2.40 bits per heavy atom. The number of alkyl halides is 3. The van der Waals surface area contributed by atoms with E-state index < -0.39 is 37.2 Å². The summed E-state index contributed by atoms with van der Waals surface area (Å²) in [6.45, 7) is 0.987. The third kappa shape index (κ3) is 3.70. The van der Waals surface area contributed by atoms with E-state index in [0.29, 0.717) is 6.07 Å². The van der Waals surface area contributed by atoms with E-state index in [1.807, 2.05) is 0 Å². The van der Waals surface area contributed by atoms with Crippen LogP contribution in [0.25, 0.3) is 0 Å². The summed E-state index contributed by atoms with van der Waals surface area (Å²) in [4.78, 5) is 9.65. The lowest BCUT2D eigenvalue weighted by Crippen LogP contribution is -2.33. The van der Waals surface area contributed by atoms with Crippen LogP contribution in [0.15, 0.2) is 16.3 Å². The fourth-order valence-corrected chi connectivity index (χ4v) is 3.97. The molecule has 0 aliphatic heterocycles. The number of halogens is 3. The second-order valence-corrected chi connectivity index (χ2v) is 7.50. The summed E-state index contributed by atoms with van der Waals surface area (Å²) < 4.78 is 61.6. The molecule has 0 saturated heterocycles. The minimum atomic E-state index is -4.61. The van der Waals surface area contributed by atoms with Crippen LogP contribution < -0.4 is 0 Å². The molecule has 0 aromatic carbocycles. The highest BCUT2D eigenvalue weighted by atomic mass is 32.2. The number of hydrogen-bond acceptors (Lipinski definition) is 4. The van der Waals surface area contributed by atoms with E-state index in [4.69, 9.17) is 5.11 Å². The van der Waals surface area contributed by atoms with Gasteiger partial charge in [0.2, 0.25) is 0 Å². The van der Waals surface area contributed by atoms with Crippen molar-refractivity contribution < 1.29 is 31.5 Å². The summed E-state index contributed by atoms with van der Waals surface area (Å²) in [7, 11) is -2.99. The Kier molecular flexibility index (Phi) is 4.82. The first-order valence-electron chi connectivity index (χ1n) is 5.32. The number of carbonyl (C=O) groups is 1. The highest BCUT2D eigenvalue weighted by Crippen LogP contribution is 2.36. The number of carboxylic acid groups (broad SMARTS) is 1. The number of sulfonamides is 1. The average molecular weight is 331 g/mol. The summed E-state index contributed by atoms with van der Waals surface area (Å²) in [5, 5.41) is 8.71. The van der Waals surface area contributed by atoms with Crippen LogP contribution in [0.5, 0.6) is 0 Å². The predicted molar refractivity (Wildman–Crippen MR) is 65.9 cm³/mol. The topological polar surface area (TPSA) is 74.7 Å². The molecule has 0 amide bonds. The molecule has 0 radical (unpaired) electrons. The van der Waals surface area contributed by atoms with Gasteiger partial charge in [-0.25, -0.2) is 8.42 Å². The molecule has 0 aliphatic carbocycles. The molecule has 0 fully saturated rings.